The average Bonchev–Trinajstić information content (AvgIpc) is 2.62. The first kappa shape index (κ1) is 16.3. The molecule has 2 nitrogen and oxygen atoms in total. The lowest BCUT2D eigenvalue weighted by molar-refractivity contribution is -0.121. The fourth-order valence-corrected chi connectivity index (χ4v) is 3.04. The summed E-state index contributed by atoms with van der Waals surface area (Å²) >= 11 is 0. The zero-order chi connectivity index (χ0) is 16.9. The van der Waals surface area contributed by atoms with E-state index in [9.17, 15) is 4.79 Å². The van der Waals surface area contributed by atoms with Crippen LogP contribution in [0.5, 0.6) is 0 Å². The molecule has 1 atom stereocenters. The van der Waals surface area contributed by atoms with Gasteiger partial charge in [0.15, 0.2) is 0 Å². The Balaban J connectivity index is 1.70. The van der Waals surface area contributed by atoms with E-state index >= 15 is 0 Å². The zero-order valence-corrected chi connectivity index (χ0v) is 14.3. The van der Waals surface area contributed by atoms with Gasteiger partial charge in [0.05, 0.1) is 12.5 Å². The third kappa shape index (κ3) is 3.65. The Morgan fingerprint density at radius 2 is 1.67 bits per heavy atom. The molecule has 3 aromatic rings. The van der Waals surface area contributed by atoms with E-state index in [1.807, 2.05) is 31.2 Å². The molecule has 0 radical (unpaired) electrons. The van der Waals surface area contributed by atoms with Gasteiger partial charge >= 0.3 is 0 Å². The highest BCUT2D eigenvalue weighted by Gasteiger charge is 2.11. The van der Waals surface area contributed by atoms with Crippen LogP contribution in [0.1, 0.15) is 36.6 Å². The minimum absolute atomic E-state index is 0.0124. The Labute approximate surface area is 143 Å². The van der Waals surface area contributed by atoms with Crippen LogP contribution in [0.2, 0.25) is 0 Å². The van der Waals surface area contributed by atoms with Crippen molar-refractivity contribution >= 4 is 16.7 Å². The molecule has 1 N–H and O–H groups in total. The standard InChI is InChI=1S/C22H23NO/c1-3-17-11-13-18(14-12-17)16(2)23-22(24)15-20-9-6-8-19-7-4-5-10-21(19)20/h4-14,16H,3,15H2,1-2H3,(H,23,24)/t16-/m0/s1. The lowest BCUT2D eigenvalue weighted by Gasteiger charge is -2.15. The molecule has 0 saturated carbocycles. The number of amides is 1. The van der Waals surface area contributed by atoms with Gasteiger partial charge in [0.2, 0.25) is 5.91 Å². The summed E-state index contributed by atoms with van der Waals surface area (Å²) in [6, 6.07) is 22.8. The molecule has 2 heteroatoms. The molecule has 0 aliphatic carbocycles. The molecule has 0 unspecified atom stereocenters. The predicted octanol–water partition coefficient (Wildman–Crippen LogP) is 4.82. The van der Waals surface area contributed by atoms with Crippen molar-refractivity contribution in [1.29, 1.82) is 0 Å². The van der Waals surface area contributed by atoms with Crippen LogP contribution in [0.15, 0.2) is 66.7 Å². The first-order valence-corrected chi connectivity index (χ1v) is 8.52. The summed E-state index contributed by atoms with van der Waals surface area (Å²) in [6.45, 7) is 4.17. The second-order valence-corrected chi connectivity index (χ2v) is 6.20. The van der Waals surface area contributed by atoms with Crippen molar-refractivity contribution < 1.29 is 4.79 Å². The minimum atomic E-state index is 0.0124. The number of hydrogen-bond acceptors (Lipinski definition) is 1. The smallest absolute Gasteiger partial charge is 0.224 e. The number of aryl methyl sites for hydroxylation is 1. The highest BCUT2D eigenvalue weighted by molar-refractivity contribution is 5.90. The third-order valence-electron chi connectivity index (χ3n) is 4.50. The summed E-state index contributed by atoms with van der Waals surface area (Å²) in [4.78, 5) is 12.5. The highest BCUT2D eigenvalue weighted by atomic mass is 16.1. The number of carbonyl (C=O) groups is 1. The van der Waals surface area contributed by atoms with Crippen LogP contribution in [0.3, 0.4) is 0 Å². The molecule has 0 aromatic heterocycles. The van der Waals surface area contributed by atoms with E-state index < -0.39 is 0 Å². The van der Waals surface area contributed by atoms with Gasteiger partial charge in [-0.1, -0.05) is 73.7 Å². The van der Waals surface area contributed by atoms with Gasteiger partial charge in [0, 0.05) is 0 Å². The summed E-state index contributed by atoms with van der Waals surface area (Å²) < 4.78 is 0. The maximum absolute atomic E-state index is 12.5. The Morgan fingerprint density at radius 3 is 2.42 bits per heavy atom. The fourth-order valence-electron chi connectivity index (χ4n) is 3.04. The van der Waals surface area contributed by atoms with Gasteiger partial charge in [0.25, 0.3) is 0 Å². The first-order chi connectivity index (χ1) is 11.7. The quantitative estimate of drug-likeness (QED) is 0.718. The SMILES string of the molecule is CCc1ccc([C@H](C)NC(=O)Cc2cccc3ccccc23)cc1. The maximum atomic E-state index is 12.5. The van der Waals surface area contributed by atoms with Crippen LogP contribution in [0.25, 0.3) is 10.8 Å². The molecule has 122 valence electrons. The van der Waals surface area contributed by atoms with Crippen LogP contribution < -0.4 is 5.32 Å². The van der Waals surface area contributed by atoms with E-state index in [1.165, 1.54) is 10.9 Å². The Bertz CT molecular complexity index is 831. The second kappa shape index (κ2) is 7.31. The molecule has 0 heterocycles. The summed E-state index contributed by atoms with van der Waals surface area (Å²) in [5, 5.41) is 5.43. The monoisotopic (exact) mass is 317 g/mol. The number of nitrogens with one attached hydrogen (secondary N) is 1. The number of rotatable bonds is 5. The van der Waals surface area contributed by atoms with E-state index in [2.05, 4.69) is 54.7 Å². The maximum Gasteiger partial charge on any atom is 0.224 e. The zero-order valence-electron chi connectivity index (χ0n) is 14.3. The molecule has 24 heavy (non-hydrogen) atoms. The van der Waals surface area contributed by atoms with Crippen molar-refractivity contribution in [1.82, 2.24) is 5.32 Å². The van der Waals surface area contributed by atoms with Crippen molar-refractivity contribution in [2.75, 3.05) is 0 Å². The van der Waals surface area contributed by atoms with Crippen LogP contribution in [-0.2, 0) is 17.6 Å². The minimum Gasteiger partial charge on any atom is -0.349 e. The molecule has 0 aliphatic heterocycles. The van der Waals surface area contributed by atoms with E-state index in [1.54, 1.807) is 0 Å². The van der Waals surface area contributed by atoms with Gasteiger partial charge in [-0.15, -0.1) is 0 Å². The normalized spacial score (nSPS) is 12.1. The van der Waals surface area contributed by atoms with Gasteiger partial charge in [-0.2, -0.15) is 0 Å². The van der Waals surface area contributed by atoms with Gasteiger partial charge in [-0.3, -0.25) is 4.79 Å². The third-order valence-corrected chi connectivity index (χ3v) is 4.50. The summed E-state index contributed by atoms with van der Waals surface area (Å²) in [5.74, 6) is 0.0541. The molecule has 0 fully saturated rings. The second-order valence-electron chi connectivity index (χ2n) is 6.20. The fraction of sp³-hybridized carbons (Fsp3) is 0.227. The molecular formula is C22H23NO. The van der Waals surface area contributed by atoms with Crippen molar-refractivity contribution in [2.45, 2.75) is 32.7 Å². The van der Waals surface area contributed by atoms with Crippen LogP contribution in [0, 0.1) is 0 Å². The van der Waals surface area contributed by atoms with Gasteiger partial charge in [-0.25, -0.2) is 0 Å². The number of benzene rings is 3. The molecule has 0 spiro atoms. The number of carbonyl (C=O) groups excluding carboxylic acids is 1. The molecule has 0 bridgehead atoms. The lowest BCUT2D eigenvalue weighted by atomic mass is 10.0. The van der Waals surface area contributed by atoms with E-state index in [0.29, 0.717) is 6.42 Å². The van der Waals surface area contributed by atoms with Gasteiger partial charge in [0.1, 0.15) is 0 Å². The predicted molar refractivity (Wildman–Crippen MR) is 100 cm³/mol. The molecule has 1 amide bonds. The molecule has 3 aromatic carbocycles. The topological polar surface area (TPSA) is 29.1 Å². The first-order valence-electron chi connectivity index (χ1n) is 8.52. The summed E-state index contributed by atoms with van der Waals surface area (Å²) in [6.07, 6.45) is 1.43. The van der Waals surface area contributed by atoms with Gasteiger partial charge in [-0.05, 0) is 40.8 Å². The summed E-state index contributed by atoms with van der Waals surface area (Å²) in [5.41, 5.74) is 3.52. The van der Waals surface area contributed by atoms with Crippen LogP contribution >= 0.6 is 0 Å². The van der Waals surface area contributed by atoms with Crippen molar-refractivity contribution in [3.05, 3.63) is 83.4 Å². The highest BCUT2D eigenvalue weighted by Crippen LogP contribution is 2.19. The van der Waals surface area contributed by atoms with Crippen molar-refractivity contribution in [2.24, 2.45) is 0 Å². The largest absolute Gasteiger partial charge is 0.349 e. The van der Waals surface area contributed by atoms with E-state index in [-0.39, 0.29) is 11.9 Å². The van der Waals surface area contributed by atoms with E-state index in [0.717, 1.165) is 22.9 Å². The number of hydrogen-bond donors (Lipinski definition) is 1. The van der Waals surface area contributed by atoms with Gasteiger partial charge < -0.3 is 5.32 Å². The Kier molecular flexibility index (Phi) is 4.95. The molecule has 3 rings (SSSR count). The van der Waals surface area contributed by atoms with Crippen molar-refractivity contribution in [3.63, 3.8) is 0 Å². The van der Waals surface area contributed by atoms with Crippen molar-refractivity contribution in [3.8, 4) is 0 Å². The molecule has 0 saturated heterocycles. The van der Waals surface area contributed by atoms with Crippen LogP contribution in [-0.4, -0.2) is 5.91 Å². The Hall–Kier alpha value is -2.61. The van der Waals surface area contributed by atoms with E-state index in [4.69, 9.17) is 0 Å². The number of fused-ring (bicyclic) bond motifs is 1. The molecular weight excluding hydrogens is 294 g/mol. The van der Waals surface area contributed by atoms with Crippen LogP contribution in [0.4, 0.5) is 0 Å². The summed E-state index contributed by atoms with van der Waals surface area (Å²) in [7, 11) is 0. The average molecular weight is 317 g/mol. The lowest BCUT2D eigenvalue weighted by Crippen LogP contribution is -2.28. The Morgan fingerprint density at radius 1 is 0.958 bits per heavy atom. The molecule has 0 aliphatic rings.